The van der Waals surface area contributed by atoms with Crippen molar-refractivity contribution in [3.05, 3.63) is 28.2 Å². The summed E-state index contributed by atoms with van der Waals surface area (Å²) in [6.07, 6.45) is 3.78. The zero-order chi connectivity index (χ0) is 14.0. The Hall–Kier alpha value is -0.610. The normalized spacial score (nSPS) is 27.0. The lowest BCUT2D eigenvalue weighted by atomic mass is 9.82. The number of halogens is 1. The van der Waals surface area contributed by atoms with Crippen LogP contribution in [-0.2, 0) is 0 Å². The lowest BCUT2D eigenvalue weighted by molar-refractivity contribution is 0.101. The summed E-state index contributed by atoms with van der Waals surface area (Å²) < 4.78 is 7.12. The molecule has 2 rings (SSSR count). The van der Waals surface area contributed by atoms with E-state index in [-0.39, 0.29) is 6.10 Å². The topological polar surface area (TPSA) is 35.2 Å². The van der Waals surface area contributed by atoms with E-state index < -0.39 is 0 Å². The molecule has 0 saturated heterocycles. The van der Waals surface area contributed by atoms with Crippen molar-refractivity contribution in [3.8, 4) is 5.75 Å². The predicted molar refractivity (Wildman–Crippen MR) is 86.6 cm³/mol. The summed E-state index contributed by atoms with van der Waals surface area (Å²) in [4.78, 5) is 0.383. The van der Waals surface area contributed by atoms with Crippen molar-refractivity contribution in [2.24, 2.45) is 17.6 Å². The Morgan fingerprint density at radius 2 is 1.89 bits per heavy atom. The van der Waals surface area contributed by atoms with Crippen molar-refractivity contribution in [2.45, 2.75) is 39.2 Å². The third-order valence-electron chi connectivity index (χ3n) is 3.64. The maximum absolute atomic E-state index is 6.16. The number of nitrogens with two attached hydrogens (primary N) is 1. The van der Waals surface area contributed by atoms with E-state index in [9.17, 15) is 0 Å². The first kappa shape index (κ1) is 14.8. The molecule has 1 aromatic carbocycles. The highest BCUT2D eigenvalue weighted by Crippen LogP contribution is 2.33. The van der Waals surface area contributed by atoms with Gasteiger partial charge in [0.05, 0.1) is 11.7 Å². The van der Waals surface area contributed by atoms with Gasteiger partial charge in [0, 0.05) is 4.47 Å². The maximum atomic E-state index is 6.16. The fourth-order valence-corrected chi connectivity index (χ4v) is 3.47. The van der Waals surface area contributed by atoms with Crippen LogP contribution in [-0.4, -0.2) is 11.1 Å². The molecule has 19 heavy (non-hydrogen) atoms. The lowest BCUT2D eigenvalue weighted by Gasteiger charge is -2.32. The van der Waals surface area contributed by atoms with Crippen LogP contribution in [0, 0.1) is 11.8 Å². The Balaban J connectivity index is 2.16. The molecule has 0 radical (unpaired) electrons. The number of hydrogen-bond donors (Lipinski definition) is 1. The molecule has 0 spiro atoms. The van der Waals surface area contributed by atoms with Crippen molar-refractivity contribution >= 4 is 33.1 Å². The summed E-state index contributed by atoms with van der Waals surface area (Å²) in [5.74, 6) is 2.25. The SMILES string of the molecule is CC1CC(C)CC(Oc2ccc(Br)cc2C(N)=S)C1. The number of ether oxygens (including phenoxy) is 1. The van der Waals surface area contributed by atoms with E-state index in [0.29, 0.717) is 4.99 Å². The van der Waals surface area contributed by atoms with Crippen molar-refractivity contribution < 1.29 is 4.74 Å². The molecule has 2 atom stereocenters. The van der Waals surface area contributed by atoms with Gasteiger partial charge in [0.2, 0.25) is 0 Å². The third-order valence-corrected chi connectivity index (χ3v) is 4.35. The number of rotatable bonds is 3. The average molecular weight is 342 g/mol. The molecular weight excluding hydrogens is 322 g/mol. The molecule has 2 N–H and O–H groups in total. The zero-order valence-corrected chi connectivity index (χ0v) is 13.8. The van der Waals surface area contributed by atoms with Crippen LogP contribution in [0.3, 0.4) is 0 Å². The third kappa shape index (κ3) is 3.93. The Morgan fingerprint density at radius 1 is 1.26 bits per heavy atom. The quantitative estimate of drug-likeness (QED) is 0.833. The molecule has 0 aromatic heterocycles. The largest absolute Gasteiger partial charge is 0.490 e. The molecular formula is C15H20BrNOS. The molecule has 1 aromatic rings. The lowest BCUT2D eigenvalue weighted by Crippen LogP contribution is -2.29. The van der Waals surface area contributed by atoms with Gasteiger partial charge in [-0.15, -0.1) is 0 Å². The number of hydrogen-bond acceptors (Lipinski definition) is 2. The van der Waals surface area contributed by atoms with Gasteiger partial charge in [-0.05, 0) is 49.3 Å². The second-order valence-electron chi connectivity index (χ2n) is 5.66. The van der Waals surface area contributed by atoms with E-state index in [2.05, 4.69) is 29.8 Å². The minimum atomic E-state index is 0.271. The molecule has 2 unspecified atom stereocenters. The van der Waals surface area contributed by atoms with Crippen LogP contribution in [0.5, 0.6) is 5.75 Å². The smallest absolute Gasteiger partial charge is 0.129 e. The van der Waals surface area contributed by atoms with Crippen LogP contribution in [0.2, 0.25) is 0 Å². The first-order valence-electron chi connectivity index (χ1n) is 6.71. The van der Waals surface area contributed by atoms with Gasteiger partial charge in [0.15, 0.2) is 0 Å². The summed E-state index contributed by atoms with van der Waals surface area (Å²) in [6.45, 7) is 4.59. The monoisotopic (exact) mass is 341 g/mol. The molecule has 0 bridgehead atoms. The average Bonchev–Trinajstić information content (AvgIpc) is 2.30. The molecule has 0 aliphatic heterocycles. The summed E-state index contributed by atoms with van der Waals surface area (Å²) in [7, 11) is 0. The van der Waals surface area contributed by atoms with Gasteiger partial charge in [-0.1, -0.05) is 42.0 Å². The Morgan fingerprint density at radius 3 is 2.47 bits per heavy atom. The van der Waals surface area contributed by atoms with Gasteiger partial charge in [-0.3, -0.25) is 0 Å². The first-order valence-corrected chi connectivity index (χ1v) is 7.92. The van der Waals surface area contributed by atoms with Crippen molar-refractivity contribution in [1.82, 2.24) is 0 Å². The van der Waals surface area contributed by atoms with Crippen LogP contribution < -0.4 is 10.5 Å². The van der Waals surface area contributed by atoms with E-state index in [1.807, 2.05) is 18.2 Å². The van der Waals surface area contributed by atoms with E-state index in [1.54, 1.807) is 0 Å². The van der Waals surface area contributed by atoms with Gasteiger partial charge >= 0.3 is 0 Å². The molecule has 0 amide bonds. The fourth-order valence-electron chi connectivity index (χ4n) is 2.95. The summed E-state index contributed by atoms with van der Waals surface area (Å²) >= 11 is 8.54. The van der Waals surface area contributed by atoms with E-state index in [4.69, 9.17) is 22.7 Å². The highest BCUT2D eigenvalue weighted by Gasteiger charge is 2.26. The fraction of sp³-hybridized carbons (Fsp3) is 0.533. The van der Waals surface area contributed by atoms with Crippen molar-refractivity contribution in [1.29, 1.82) is 0 Å². The zero-order valence-electron chi connectivity index (χ0n) is 11.4. The Bertz CT molecular complexity index is 467. The van der Waals surface area contributed by atoms with Crippen LogP contribution in [0.1, 0.15) is 38.7 Å². The molecule has 1 aliphatic carbocycles. The number of thiocarbonyl (C=S) groups is 1. The number of benzene rings is 1. The van der Waals surface area contributed by atoms with Crippen LogP contribution in [0.15, 0.2) is 22.7 Å². The molecule has 2 nitrogen and oxygen atoms in total. The molecule has 1 fully saturated rings. The Labute approximate surface area is 128 Å². The highest BCUT2D eigenvalue weighted by molar-refractivity contribution is 9.10. The van der Waals surface area contributed by atoms with E-state index in [1.165, 1.54) is 6.42 Å². The summed E-state index contributed by atoms with van der Waals surface area (Å²) in [5.41, 5.74) is 6.59. The second-order valence-corrected chi connectivity index (χ2v) is 7.02. The molecule has 104 valence electrons. The molecule has 1 saturated carbocycles. The minimum absolute atomic E-state index is 0.271. The van der Waals surface area contributed by atoms with Gasteiger partial charge in [0.1, 0.15) is 10.7 Å². The second kappa shape index (κ2) is 6.23. The summed E-state index contributed by atoms with van der Waals surface area (Å²) in [6, 6.07) is 5.84. The molecule has 4 heteroatoms. The maximum Gasteiger partial charge on any atom is 0.129 e. The van der Waals surface area contributed by atoms with E-state index in [0.717, 1.165) is 40.5 Å². The standard InChI is InChI=1S/C15H20BrNOS/c1-9-5-10(2)7-12(6-9)18-14-4-3-11(16)8-13(14)15(17)19/h3-4,8-10,12H,5-7H2,1-2H3,(H2,17,19). The van der Waals surface area contributed by atoms with Crippen molar-refractivity contribution in [3.63, 3.8) is 0 Å². The van der Waals surface area contributed by atoms with Gasteiger partial charge < -0.3 is 10.5 Å². The van der Waals surface area contributed by atoms with Gasteiger partial charge in [-0.25, -0.2) is 0 Å². The van der Waals surface area contributed by atoms with Crippen molar-refractivity contribution in [2.75, 3.05) is 0 Å². The van der Waals surface area contributed by atoms with E-state index >= 15 is 0 Å². The molecule has 1 aliphatic rings. The van der Waals surface area contributed by atoms with Gasteiger partial charge in [-0.2, -0.15) is 0 Å². The Kier molecular flexibility index (Phi) is 4.85. The predicted octanol–water partition coefficient (Wildman–Crippen LogP) is 4.29. The molecule has 0 heterocycles. The first-order chi connectivity index (χ1) is 8.95. The highest BCUT2D eigenvalue weighted by atomic mass is 79.9. The minimum Gasteiger partial charge on any atom is -0.490 e. The summed E-state index contributed by atoms with van der Waals surface area (Å²) in [5, 5.41) is 0. The van der Waals surface area contributed by atoms with Crippen LogP contribution >= 0.6 is 28.1 Å². The van der Waals surface area contributed by atoms with Gasteiger partial charge in [0.25, 0.3) is 0 Å². The van der Waals surface area contributed by atoms with Crippen LogP contribution in [0.25, 0.3) is 0 Å². The van der Waals surface area contributed by atoms with Crippen LogP contribution in [0.4, 0.5) is 0 Å².